The topological polar surface area (TPSA) is 59.8 Å². The van der Waals surface area contributed by atoms with Crippen LogP contribution in [0.5, 0.6) is 0 Å². The lowest BCUT2D eigenvalue weighted by molar-refractivity contribution is -0.111. The molecule has 1 N–H and O–H groups in total. The number of pyridine rings is 1. The van der Waals surface area contributed by atoms with Crippen molar-refractivity contribution in [2.24, 2.45) is 0 Å². The third-order valence-electron chi connectivity index (χ3n) is 3.07. The molecule has 2 aromatic heterocycles. The molecule has 0 aliphatic heterocycles. The van der Waals surface area contributed by atoms with Crippen LogP contribution in [0.3, 0.4) is 0 Å². The minimum Gasteiger partial charge on any atom is -0.322 e. The Hall–Kier alpha value is -3.21. The molecule has 3 rings (SSSR count). The molecule has 1 amide bonds. The van der Waals surface area contributed by atoms with E-state index in [1.807, 2.05) is 35.0 Å². The van der Waals surface area contributed by atoms with Crippen molar-refractivity contribution in [1.29, 1.82) is 0 Å². The van der Waals surface area contributed by atoms with Gasteiger partial charge in [0.25, 0.3) is 0 Å². The highest BCUT2D eigenvalue weighted by Gasteiger charge is 1.98. The largest absolute Gasteiger partial charge is 0.322 e. The van der Waals surface area contributed by atoms with Crippen molar-refractivity contribution in [3.8, 4) is 5.69 Å². The molecule has 108 valence electrons. The third kappa shape index (κ3) is 3.46. The van der Waals surface area contributed by atoms with E-state index in [-0.39, 0.29) is 5.91 Å². The van der Waals surface area contributed by atoms with Gasteiger partial charge in [0.2, 0.25) is 5.91 Å². The molecule has 0 saturated carbocycles. The van der Waals surface area contributed by atoms with Crippen molar-refractivity contribution in [2.75, 3.05) is 5.32 Å². The standard InChI is InChI=1S/C17H14N4O/c22-17(20-15-7-9-18-10-8-15)6-3-14-1-4-16(5-2-14)21-12-11-19-13-21/h1-13H,(H,18,20,22)/b6-3-. The van der Waals surface area contributed by atoms with Crippen LogP contribution in [-0.2, 0) is 4.79 Å². The summed E-state index contributed by atoms with van der Waals surface area (Å²) >= 11 is 0. The molecule has 0 unspecified atom stereocenters. The molecule has 0 bridgehead atoms. The second-order valence-electron chi connectivity index (χ2n) is 4.62. The first kappa shape index (κ1) is 13.8. The maximum Gasteiger partial charge on any atom is 0.248 e. The zero-order valence-electron chi connectivity index (χ0n) is 11.8. The Bertz CT molecular complexity index is 762. The number of aromatic nitrogens is 3. The first-order valence-electron chi connectivity index (χ1n) is 6.79. The average Bonchev–Trinajstić information content (AvgIpc) is 3.09. The highest BCUT2D eigenvalue weighted by molar-refractivity contribution is 6.01. The summed E-state index contributed by atoms with van der Waals surface area (Å²) in [4.78, 5) is 19.7. The summed E-state index contributed by atoms with van der Waals surface area (Å²) in [5.74, 6) is -0.176. The molecule has 0 atom stereocenters. The number of hydrogen-bond acceptors (Lipinski definition) is 3. The van der Waals surface area contributed by atoms with Crippen LogP contribution in [0.25, 0.3) is 11.8 Å². The Morgan fingerprint density at radius 1 is 1.00 bits per heavy atom. The zero-order chi connectivity index (χ0) is 15.2. The zero-order valence-corrected chi connectivity index (χ0v) is 11.8. The van der Waals surface area contributed by atoms with Crippen LogP contribution in [0.1, 0.15) is 5.56 Å². The minimum absolute atomic E-state index is 0.176. The first-order chi connectivity index (χ1) is 10.8. The molecule has 5 nitrogen and oxygen atoms in total. The summed E-state index contributed by atoms with van der Waals surface area (Å²) in [6.45, 7) is 0. The van der Waals surface area contributed by atoms with Crippen LogP contribution < -0.4 is 5.32 Å². The molecule has 0 fully saturated rings. The van der Waals surface area contributed by atoms with E-state index in [0.717, 1.165) is 16.9 Å². The van der Waals surface area contributed by atoms with Gasteiger partial charge in [-0.15, -0.1) is 0 Å². The van der Waals surface area contributed by atoms with E-state index < -0.39 is 0 Å². The van der Waals surface area contributed by atoms with Gasteiger partial charge in [0.1, 0.15) is 0 Å². The molecular weight excluding hydrogens is 276 g/mol. The Morgan fingerprint density at radius 2 is 1.77 bits per heavy atom. The summed E-state index contributed by atoms with van der Waals surface area (Å²) in [5.41, 5.74) is 2.70. The van der Waals surface area contributed by atoms with Crippen molar-refractivity contribution in [3.05, 3.63) is 79.2 Å². The number of nitrogens with zero attached hydrogens (tertiary/aromatic N) is 3. The molecule has 0 radical (unpaired) electrons. The number of amides is 1. The maximum atomic E-state index is 11.8. The summed E-state index contributed by atoms with van der Waals surface area (Å²) in [7, 11) is 0. The summed E-state index contributed by atoms with van der Waals surface area (Å²) in [6.07, 6.45) is 11.9. The molecule has 5 heteroatoms. The number of anilines is 1. The molecule has 22 heavy (non-hydrogen) atoms. The Morgan fingerprint density at radius 3 is 2.45 bits per heavy atom. The van der Waals surface area contributed by atoms with Crippen LogP contribution in [0.2, 0.25) is 0 Å². The van der Waals surface area contributed by atoms with Gasteiger partial charge in [0.05, 0.1) is 6.33 Å². The van der Waals surface area contributed by atoms with Crippen molar-refractivity contribution in [1.82, 2.24) is 14.5 Å². The predicted molar refractivity (Wildman–Crippen MR) is 85.5 cm³/mol. The number of benzene rings is 1. The average molecular weight is 290 g/mol. The second-order valence-corrected chi connectivity index (χ2v) is 4.62. The van der Waals surface area contributed by atoms with E-state index in [2.05, 4.69) is 15.3 Å². The fraction of sp³-hybridized carbons (Fsp3) is 0. The fourth-order valence-electron chi connectivity index (χ4n) is 1.96. The quantitative estimate of drug-likeness (QED) is 0.752. The van der Waals surface area contributed by atoms with Crippen LogP contribution in [0.4, 0.5) is 5.69 Å². The molecule has 2 heterocycles. The number of nitrogens with one attached hydrogen (secondary N) is 1. The number of carbonyl (C=O) groups excluding carboxylic acids is 1. The third-order valence-corrected chi connectivity index (χ3v) is 3.07. The van der Waals surface area contributed by atoms with Crippen molar-refractivity contribution in [2.45, 2.75) is 0 Å². The van der Waals surface area contributed by atoms with Gasteiger partial charge in [-0.05, 0) is 35.9 Å². The highest BCUT2D eigenvalue weighted by atomic mass is 16.1. The van der Waals surface area contributed by atoms with Gasteiger partial charge < -0.3 is 9.88 Å². The van der Waals surface area contributed by atoms with Gasteiger partial charge in [-0.2, -0.15) is 0 Å². The molecule has 0 aliphatic carbocycles. The minimum atomic E-state index is -0.176. The summed E-state index contributed by atoms with van der Waals surface area (Å²) < 4.78 is 1.92. The highest BCUT2D eigenvalue weighted by Crippen LogP contribution is 2.10. The van der Waals surface area contributed by atoms with E-state index in [0.29, 0.717) is 0 Å². The van der Waals surface area contributed by atoms with E-state index in [9.17, 15) is 4.79 Å². The molecule has 0 saturated heterocycles. The molecule has 3 aromatic rings. The first-order valence-corrected chi connectivity index (χ1v) is 6.79. The van der Waals surface area contributed by atoms with Crippen molar-refractivity contribution in [3.63, 3.8) is 0 Å². The predicted octanol–water partition coefficient (Wildman–Crippen LogP) is 2.92. The second kappa shape index (κ2) is 6.49. The van der Waals surface area contributed by atoms with Gasteiger partial charge in [0.15, 0.2) is 0 Å². The van der Waals surface area contributed by atoms with E-state index in [1.54, 1.807) is 43.1 Å². The Balaban J connectivity index is 1.64. The Kier molecular flexibility index (Phi) is 4.06. The van der Waals surface area contributed by atoms with Crippen LogP contribution in [0.15, 0.2) is 73.6 Å². The molecular formula is C17H14N4O. The van der Waals surface area contributed by atoms with Crippen molar-refractivity contribution < 1.29 is 4.79 Å². The van der Waals surface area contributed by atoms with Gasteiger partial charge in [-0.3, -0.25) is 9.78 Å². The van der Waals surface area contributed by atoms with Gasteiger partial charge >= 0.3 is 0 Å². The number of carbonyl (C=O) groups is 1. The molecule has 0 spiro atoms. The lowest BCUT2D eigenvalue weighted by Gasteiger charge is -2.02. The molecule has 0 aliphatic rings. The van der Waals surface area contributed by atoms with Crippen LogP contribution in [0, 0.1) is 0 Å². The van der Waals surface area contributed by atoms with E-state index >= 15 is 0 Å². The van der Waals surface area contributed by atoms with Gasteiger partial charge in [-0.1, -0.05) is 12.1 Å². The lowest BCUT2D eigenvalue weighted by atomic mass is 10.2. The smallest absolute Gasteiger partial charge is 0.248 e. The SMILES string of the molecule is O=C(/C=C\c1ccc(-n2ccnc2)cc1)Nc1ccncc1. The Labute approximate surface area is 128 Å². The van der Waals surface area contributed by atoms with E-state index in [4.69, 9.17) is 0 Å². The monoisotopic (exact) mass is 290 g/mol. The molecule has 1 aromatic carbocycles. The number of rotatable bonds is 4. The fourth-order valence-corrected chi connectivity index (χ4v) is 1.96. The maximum absolute atomic E-state index is 11.8. The van der Waals surface area contributed by atoms with Gasteiger partial charge in [-0.25, -0.2) is 4.98 Å². The summed E-state index contributed by atoms with van der Waals surface area (Å²) in [6, 6.07) is 11.3. The van der Waals surface area contributed by atoms with E-state index in [1.165, 1.54) is 6.08 Å². The lowest BCUT2D eigenvalue weighted by Crippen LogP contribution is -2.07. The van der Waals surface area contributed by atoms with Gasteiger partial charge in [0, 0.05) is 42.2 Å². The number of hydrogen-bond donors (Lipinski definition) is 1. The van der Waals surface area contributed by atoms with Crippen LogP contribution >= 0.6 is 0 Å². The van der Waals surface area contributed by atoms with Crippen molar-refractivity contribution >= 4 is 17.7 Å². The normalized spacial score (nSPS) is 10.7. The number of imidazole rings is 1. The summed E-state index contributed by atoms with van der Waals surface area (Å²) in [5, 5.41) is 2.77. The van der Waals surface area contributed by atoms with Crippen LogP contribution in [-0.4, -0.2) is 20.4 Å².